The highest BCUT2D eigenvalue weighted by molar-refractivity contribution is 7.98. The van der Waals surface area contributed by atoms with E-state index in [1.807, 2.05) is 36.4 Å². The Balaban J connectivity index is 1.57. The lowest BCUT2D eigenvalue weighted by Crippen LogP contribution is -1.98. The number of aromatic nitrogens is 3. The molecule has 112 valence electrons. The summed E-state index contributed by atoms with van der Waals surface area (Å²) < 4.78 is 5.71. The third-order valence-corrected chi connectivity index (χ3v) is 4.22. The van der Waals surface area contributed by atoms with Crippen molar-refractivity contribution >= 4 is 11.8 Å². The van der Waals surface area contributed by atoms with E-state index >= 15 is 0 Å². The maximum absolute atomic E-state index is 5.71. The maximum Gasteiger partial charge on any atom is 0.276 e. The van der Waals surface area contributed by atoms with Crippen LogP contribution in [0.4, 0.5) is 0 Å². The molecule has 0 aliphatic rings. The molecule has 0 aliphatic heterocycles. The lowest BCUT2D eigenvalue weighted by molar-refractivity contribution is 0.404. The molecule has 0 fully saturated rings. The number of nitrogens with zero attached hydrogens (tertiary/aromatic N) is 3. The molecule has 0 saturated heterocycles. The molecule has 2 aromatic heterocycles. The van der Waals surface area contributed by atoms with Crippen LogP contribution in [-0.2, 0) is 12.2 Å². The minimum atomic E-state index is 0.357. The van der Waals surface area contributed by atoms with Crippen LogP contribution in [-0.4, -0.2) is 15.2 Å². The van der Waals surface area contributed by atoms with Gasteiger partial charge in [0, 0.05) is 18.4 Å². The molecule has 22 heavy (non-hydrogen) atoms. The van der Waals surface area contributed by atoms with E-state index < -0.39 is 0 Å². The highest BCUT2D eigenvalue weighted by Crippen LogP contribution is 2.23. The molecular formula is C17H17N3OS. The van der Waals surface area contributed by atoms with E-state index in [0.717, 1.165) is 17.9 Å². The van der Waals surface area contributed by atoms with E-state index in [2.05, 4.69) is 34.2 Å². The zero-order valence-electron chi connectivity index (χ0n) is 12.3. The number of rotatable bonds is 6. The number of benzene rings is 1. The molecule has 1 aromatic carbocycles. The number of thioether (sulfide) groups is 1. The van der Waals surface area contributed by atoms with Crippen LogP contribution < -0.4 is 0 Å². The Kier molecular flexibility index (Phi) is 4.85. The van der Waals surface area contributed by atoms with Gasteiger partial charge in [-0.05, 0) is 23.6 Å². The van der Waals surface area contributed by atoms with Gasteiger partial charge in [-0.25, -0.2) is 0 Å². The van der Waals surface area contributed by atoms with Crippen molar-refractivity contribution in [1.29, 1.82) is 0 Å². The van der Waals surface area contributed by atoms with Gasteiger partial charge >= 0.3 is 0 Å². The lowest BCUT2D eigenvalue weighted by Gasteiger charge is -2.08. The van der Waals surface area contributed by atoms with Gasteiger partial charge in [0.05, 0.1) is 5.69 Å². The Morgan fingerprint density at radius 2 is 1.86 bits per heavy atom. The predicted octanol–water partition coefficient (Wildman–Crippen LogP) is 4.10. The molecule has 0 radical (unpaired) electrons. The first-order valence-electron chi connectivity index (χ1n) is 7.21. The zero-order valence-corrected chi connectivity index (χ0v) is 13.2. The van der Waals surface area contributed by atoms with Gasteiger partial charge in [0.25, 0.3) is 5.22 Å². The van der Waals surface area contributed by atoms with E-state index in [4.69, 9.17) is 4.42 Å². The third-order valence-electron chi connectivity index (χ3n) is 3.37. The van der Waals surface area contributed by atoms with Gasteiger partial charge in [0.2, 0.25) is 5.89 Å². The van der Waals surface area contributed by atoms with Crippen molar-refractivity contribution in [2.75, 3.05) is 0 Å². The summed E-state index contributed by atoms with van der Waals surface area (Å²) in [7, 11) is 0. The fraction of sp³-hybridized carbons (Fsp3) is 0.235. The highest BCUT2D eigenvalue weighted by atomic mass is 32.2. The van der Waals surface area contributed by atoms with E-state index in [0.29, 0.717) is 17.0 Å². The molecule has 4 nitrogen and oxygen atoms in total. The first-order chi connectivity index (χ1) is 10.8. The standard InChI is InChI=1S/C17H17N3OS/c1-13(14-7-3-2-4-8-14)11-16-19-20-17(21-16)22-12-15-9-5-6-10-18-15/h2-10,13H,11-12H2,1H3. The van der Waals surface area contributed by atoms with Crippen molar-refractivity contribution in [1.82, 2.24) is 15.2 Å². The van der Waals surface area contributed by atoms with Crippen molar-refractivity contribution in [3.63, 3.8) is 0 Å². The van der Waals surface area contributed by atoms with Crippen molar-refractivity contribution in [2.45, 2.75) is 30.2 Å². The van der Waals surface area contributed by atoms with Crippen LogP contribution >= 0.6 is 11.8 Å². The average molecular weight is 311 g/mol. The second kappa shape index (κ2) is 7.22. The smallest absolute Gasteiger partial charge is 0.276 e. The Hall–Kier alpha value is -2.14. The molecule has 3 aromatic rings. The van der Waals surface area contributed by atoms with Crippen molar-refractivity contribution in [2.24, 2.45) is 0 Å². The number of pyridine rings is 1. The summed E-state index contributed by atoms with van der Waals surface area (Å²) in [4.78, 5) is 4.28. The molecule has 0 aliphatic carbocycles. The third kappa shape index (κ3) is 3.95. The van der Waals surface area contributed by atoms with E-state index in [9.17, 15) is 0 Å². The molecule has 0 saturated carbocycles. The topological polar surface area (TPSA) is 51.8 Å². The average Bonchev–Trinajstić information content (AvgIpc) is 3.02. The summed E-state index contributed by atoms with van der Waals surface area (Å²) in [5.41, 5.74) is 2.29. The van der Waals surface area contributed by atoms with Crippen LogP contribution in [0, 0.1) is 0 Å². The van der Waals surface area contributed by atoms with Gasteiger partial charge in [-0.3, -0.25) is 4.98 Å². The van der Waals surface area contributed by atoms with Crippen LogP contribution in [0.2, 0.25) is 0 Å². The molecule has 0 bridgehead atoms. The zero-order chi connectivity index (χ0) is 15.2. The number of hydrogen-bond acceptors (Lipinski definition) is 5. The summed E-state index contributed by atoms with van der Waals surface area (Å²) in [6, 6.07) is 16.2. The molecule has 5 heteroatoms. The van der Waals surface area contributed by atoms with Crippen LogP contribution in [0.25, 0.3) is 0 Å². The van der Waals surface area contributed by atoms with Gasteiger partial charge in [0.1, 0.15) is 0 Å². The van der Waals surface area contributed by atoms with E-state index in [1.54, 1.807) is 6.20 Å². The van der Waals surface area contributed by atoms with E-state index in [-0.39, 0.29) is 0 Å². The summed E-state index contributed by atoms with van der Waals surface area (Å²) in [5, 5.41) is 8.83. The Labute approximate surface area is 134 Å². The van der Waals surface area contributed by atoms with E-state index in [1.165, 1.54) is 17.3 Å². The molecule has 0 spiro atoms. The van der Waals surface area contributed by atoms with Crippen molar-refractivity contribution < 1.29 is 4.42 Å². The Morgan fingerprint density at radius 1 is 1.05 bits per heavy atom. The Morgan fingerprint density at radius 3 is 2.64 bits per heavy atom. The second-order valence-electron chi connectivity index (χ2n) is 5.09. The molecule has 0 N–H and O–H groups in total. The number of hydrogen-bond donors (Lipinski definition) is 0. The van der Waals surface area contributed by atoms with Crippen molar-refractivity contribution in [3.8, 4) is 0 Å². The predicted molar refractivity (Wildman–Crippen MR) is 86.7 cm³/mol. The minimum absolute atomic E-state index is 0.357. The van der Waals surface area contributed by atoms with Crippen LogP contribution in [0.3, 0.4) is 0 Å². The molecule has 2 heterocycles. The summed E-state index contributed by atoms with van der Waals surface area (Å²) in [6.45, 7) is 2.17. The first kappa shape index (κ1) is 14.8. The minimum Gasteiger partial charge on any atom is -0.416 e. The molecule has 0 amide bonds. The van der Waals surface area contributed by atoms with Crippen LogP contribution in [0.1, 0.15) is 30.0 Å². The Bertz CT molecular complexity index is 700. The normalized spacial score (nSPS) is 12.2. The summed E-state index contributed by atoms with van der Waals surface area (Å²) in [5.74, 6) is 1.77. The summed E-state index contributed by atoms with van der Waals surface area (Å²) >= 11 is 1.51. The lowest BCUT2D eigenvalue weighted by atomic mass is 9.98. The second-order valence-corrected chi connectivity index (χ2v) is 6.01. The molecular weight excluding hydrogens is 294 g/mol. The molecule has 1 unspecified atom stereocenters. The molecule has 3 rings (SSSR count). The quantitative estimate of drug-likeness (QED) is 0.641. The van der Waals surface area contributed by atoms with Crippen LogP contribution in [0.5, 0.6) is 0 Å². The fourth-order valence-electron chi connectivity index (χ4n) is 2.16. The molecule has 1 atom stereocenters. The SMILES string of the molecule is CC(Cc1nnc(SCc2ccccn2)o1)c1ccccc1. The monoisotopic (exact) mass is 311 g/mol. The van der Waals surface area contributed by atoms with Gasteiger partial charge in [-0.1, -0.05) is 55.1 Å². The van der Waals surface area contributed by atoms with Gasteiger partial charge in [-0.15, -0.1) is 10.2 Å². The highest BCUT2D eigenvalue weighted by Gasteiger charge is 2.12. The first-order valence-corrected chi connectivity index (χ1v) is 8.20. The summed E-state index contributed by atoms with van der Waals surface area (Å²) in [6.07, 6.45) is 2.54. The van der Waals surface area contributed by atoms with Crippen LogP contribution in [0.15, 0.2) is 64.4 Å². The fourth-order valence-corrected chi connectivity index (χ4v) is 2.86. The maximum atomic E-state index is 5.71. The largest absolute Gasteiger partial charge is 0.416 e. The van der Waals surface area contributed by atoms with Gasteiger partial charge in [0.15, 0.2) is 0 Å². The van der Waals surface area contributed by atoms with Gasteiger partial charge in [-0.2, -0.15) is 0 Å². The van der Waals surface area contributed by atoms with Crippen molar-refractivity contribution in [3.05, 3.63) is 71.9 Å². The van der Waals surface area contributed by atoms with Gasteiger partial charge < -0.3 is 4.42 Å².